The molecular weight excluding hydrogens is 319 g/mol. The van der Waals surface area contributed by atoms with Crippen molar-refractivity contribution in [2.45, 2.75) is 4.90 Å². The molecule has 0 aliphatic heterocycles. The molecule has 2 aromatic carbocycles. The molecule has 0 amide bonds. The van der Waals surface area contributed by atoms with Gasteiger partial charge in [0, 0.05) is 11.6 Å². The van der Waals surface area contributed by atoms with Crippen LogP contribution in [0.4, 0.5) is 0 Å². The maximum atomic E-state index is 12.3. The zero-order chi connectivity index (χ0) is 15.6. The molecule has 0 saturated carbocycles. The Morgan fingerprint density at radius 1 is 1.18 bits per heavy atom. The largest absolute Gasteiger partial charge is 1.00 e. The summed E-state index contributed by atoms with van der Waals surface area (Å²) in [4.78, 5) is 11.7. The average Bonchev–Trinajstić information content (AvgIpc) is 2.45. The molecule has 0 aliphatic carbocycles. The number of aromatic hydroxyl groups is 1. The summed E-state index contributed by atoms with van der Waals surface area (Å²) >= 11 is 0. The van der Waals surface area contributed by atoms with Crippen molar-refractivity contribution in [2.24, 2.45) is 0 Å². The van der Waals surface area contributed by atoms with E-state index < -0.39 is 26.5 Å². The second-order valence-corrected chi connectivity index (χ2v) is 5.58. The zero-order valence-corrected chi connectivity index (χ0v) is 14.8. The number of hydrogen-bond acceptors (Lipinski definition) is 5. The minimum absolute atomic E-state index is 0. The predicted octanol–water partition coefficient (Wildman–Crippen LogP) is -1.00. The van der Waals surface area contributed by atoms with Crippen LogP contribution in [0.2, 0.25) is 0 Å². The molecule has 0 bridgehead atoms. The van der Waals surface area contributed by atoms with Gasteiger partial charge >= 0.3 is 29.6 Å². The minimum atomic E-state index is -4.59. The summed E-state index contributed by atoms with van der Waals surface area (Å²) < 4.78 is 36.6. The first-order valence-corrected chi connectivity index (χ1v) is 7.27. The van der Waals surface area contributed by atoms with Crippen molar-refractivity contribution >= 4 is 15.9 Å². The summed E-state index contributed by atoms with van der Waals surface area (Å²) in [5.41, 5.74) is 0.0360. The van der Waals surface area contributed by atoms with Gasteiger partial charge in [-0.1, -0.05) is 30.3 Å². The van der Waals surface area contributed by atoms with Crippen LogP contribution in [0, 0.1) is 0 Å². The van der Waals surface area contributed by atoms with E-state index in [1.54, 1.807) is 18.2 Å². The van der Waals surface area contributed by atoms with Gasteiger partial charge in [-0.3, -0.25) is 9.35 Å². The summed E-state index contributed by atoms with van der Waals surface area (Å²) in [7, 11) is -3.41. The van der Waals surface area contributed by atoms with Gasteiger partial charge in [0.1, 0.15) is 16.4 Å². The molecule has 112 valence electrons. The molecule has 0 spiro atoms. The standard InChI is InChI=1S/C14H12O6S.Na.H/c1-20-12-8-11(15)10(7-13(12)21(17,18)19)14(16)9-5-3-2-4-6-9;;/h2-8,15H,1H3,(H,17,18,19);;/q;+1;-1. The molecular formula is C14H13NaO6S. The number of phenols is 1. The summed E-state index contributed by atoms with van der Waals surface area (Å²) in [6, 6.07) is 9.90. The number of carbonyl (C=O) groups is 1. The summed E-state index contributed by atoms with van der Waals surface area (Å²) in [6.45, 7) is 0. The van der Waals surface area contributed by atoms with Gasteiger partial charge in [-0.2, -0.15) is 8.42 Å². The van der Waals surface area contributed by atoms with E-state index in [2.05, 4.69) is 0 Å². The quantitative estimate of drug-likeness (QED) is 0.423. The second-order valence-electron chi connectivity index (χ2n) is 4.19. The van der Waals surface area contributed by atoms with Gasteiger partial charge in [0.2, 0.25) is 0 Å². The molecule has 8 heteroatoms. The molecule has 0 heterocycles. The summed E-state index contributed by atoms with van der Waals surface area (Å²) in [5, 5.41) is 9.87. The molecule has 2 N–H and O–H groups in total. The number of phenolic OH excluding ortho intramolecular Hbond substituents is 1. The van der Waals surface area contributed by atoms with E-state index >= 15 is 0 Å². The molecule has 0 aliphatic rings. The van der Waals surface area contributed by atoms with E-state index in [1.807, 2.05) is 0 Å². The van der Waals surface area contributed by atoms with Crippen LogP contribution in [0.15, 0.2) is 47.4 Å². The molecule has 2 rings (SSSR count). The van der Waals surface area contributed by atoms with Crippen molar-refractivity contribution in [2.75, 3.05) is 7.11 Å². The SMILES string of the molecule is COc1cc(O)c(C(=O)c2ccccc2)cc1S(=O)(=O)O.[H-].[Na+]. The van der Waals surface area contributed by atoms with Crippen molar-refractivity contribution in [1.29, 1.82) is 0 Å². The monoisotopic (exact) mass is 332 g/mol. The number of benzene rings is 2. The Balaban J connectivity index is 0.00000242. The van der Waals surface area contributed by atoms with Crippen molar-refractivity contribution < 1.29 is 58.6 Å². The van der Waals surface area contributed by atoms with Crippen LogP contribution >= 0.6 is 0 Å². The van der Waals surface area contributed by atoms with Gasteiger partial charge in [-0.05, 0) is 6.07 Å². The summed E-state index contributed by atoms with van der Waals surface area (Å²) in [5.74, 6) is -1.26. The Labute approximate surface area is 151 Å². The van der Waals surface area contributed by atoms with Crippen LogP contribution in [-0.4, -0.2) is 31.0 Å². The fourth-order valence-electron chi connectivity index (χ4n) is 1.84. The van der Waals surface area contributed by atoms with Gasteiger partial charge in [0.15, 0.2) is 5.78 Å². The molecule has 2 aromatic rings. The van der Waals surface area contributed by atoms with Crippen LogP contribution in [0.25, 0.3) is 0 Å². The molecule has 0 atom stereocenters. The fourth-order valence-corrected chi connectivity index (χ4v) is 2.50. The average molecular weight is 332 g/mol. The first-order chi connectivity index (χ1) is 9.84. The van der Waals surface area contributed by atoms with Gasteiger partial charge in [-0.15, -0.1) is 0 Å². The fraction of sp³-hybridized carbons (Fsp3) is 0.0714. The van der Waals surface area contributed by atoms with E-state index in [0.29, 0.717) is 0 Å². The Morgan fingerprint density at radius 3 is 2.27 bits per heavy atom. The van der Waals surface area contributed by atoms with Crippen LogP contribution in [0.3, 0.4) is 0 Å². The number of methoxy groups -OCH3 is 1. The number of ether oxygens (including phenoxy) is 1. The predicted molar refractivity (Wildman–Crippen MR) is 75.5 cm³/mol. The number of carbonyl (C=O) groups excluding carboxylic acids is 1. The first kappa shape index (κ1) is 18.7. The molecule has 6 nitrogen and oxygen atoms in total. The van der Waals surface area contributed by atoms with E-state index in [9.17, 15) is 18.3 Å². The third kappa shape index (κ3) is 3.88. The summed E-state index contributed by atoms with van der Waals surface area (Å²) in [6.07, 6.45) is 0. The van der Waals surface area contributed by atoms with E-state index in [1.165, 1.54) is 19.2 Å². The zero-order valence-electron chi connectivity index (χ0n) is 13.0. The van der Waals surface area contributed by atoms with Crippen molar-refractivity contribution in [3.8, 4) is 11.5 Å². The smallest absolute Gasteiger partial charge is 1.00 e. The maximum absolute atomic E-state index is 12.3. The Hall–Kier alpha value is -1.38. The molecule has 22 heavy (non-hydrogen) atoms. The van der Waals surface area contributed by atoms with Crippen LogP contribution in [0.1, 0.15) is 17.3 Å². The van der Waals surface area contributed by atoms with Crippen LogP contribution < -0.4 is 34.3 Å². The van der Waals surface area contributed by atoms with Crippen molar-refractivity contribution in [1.82, 2.24) is 0 Å². The van der Waals surface area contributed by atoms with Gasteiger partial charge in [0.25, 0.3) is 10.1 Å². The van der Waals surface area contributed by atoms with Crippen LogP contribution in [0.5, 0.6) is 11.5 Å². The molecule has 0 aromatic heterocycles. The first-order valence-electron chi connectivity index (χ1n) is 5.83. The third-order valence-electron chi connectivity index (χ3n) is 2.84. The number of hydrogen-bond donors (Lipinski definition) is 2. The number of rotatable bonds is 4. The Morgan fingerprint density at radius 2 is 1.77 bits per heavy atom. The van der Waals surface area contributed by atoms with E-state index in [-0.39, 0.29) is 47.9 Å². The van der Waals surface area contributed by atoms with Crippen LogP contribution in [-0.2, 0) is 10.1 Å². The van der Waals surface area contributed by atoms with Gasteiger partial charge in [0.05, 0.1) is 12.7 Å². The normalized spacial score (nSPS) is 10.6. The third-order valence-corrected chi connectivity index (χ3v) is 3.72. The van der Waals surface area contributed by atoms with Crippen molar-refractivity contribution in [3.05, 3.63) is 53.6 Å². The second kappa shape index (κ2) is 7.26. The Kier molecular flexibility index (Phi) is 6.16. The van der Waals surface area contributed by atoms with E-state index in [4.69, 9.17) is 9.29 Å². The molecule has 0 saturated heterocycles. The minimum Gasteiger partial charge on any atom is -1.00 e. The Bertz CT molecular complexity index is 792. The molecule has 0 fully saturated rings. The van der Waals surface area contributed by atoms with Gasteiger partial charge < -0.3 is 11.3 Å². The molecule has 0 radical (unpaired) electrons. The van der Waals surface area contributed by atoms with Gasteiger partial charge in [-0.25, -0.2) is 0 Å². The number of ketones is 1. The molecule has 0 unspecified atom stereocenters. The maximum Gasteiger partial charge on any atom is 1.00 e. The van der Waals surface area contributed by atoms with E-state index in [0.717, 1.165) is 12.1 Å². The topological polar surface area (TPSA) is 101 Å². The van der Waals surface area contributed by atoms with Crippen molar-refractivity contribution in [3.63, 3.8) is 0 Å².